The number of aliphatic hydroxyl groups excluding tert-OH is 1. The average molecular weight is 1340 g/mol. The molecule has 0 bridgehead atoms. The van der Waals surface area contributed by atoms with Crippen molar-refractivity contribution in [3.63, 3.8) is 0 Å². The average Bonchev–Trinajstić information content (AvgIpc) is 1.44. The van der Waals surface area contributed by atoms with Gasteiger partial charge < -0.3 is 65.4 Å². The molecule has 0 radical (unpaired) electrons. The van der Waals surface area contributed by atoms with E-state index in [1.807, 2.05) is 62.3 Å². The van der Waals surface area contributed by atoms with Crippen molar-refractivity contribution in [3.05, 3.63) is 35.4 Å². The van der Waals surface area contributed by atoms with Crippen LogP contribution in [0, 0.1) is 48.3 Å². The molecule has 11 amide bonds. The number of amides is 11. The highest BCUT2D eigenvalue weighted by molar-refractivity contribution is 6.00. The minimum atomic E-state index is -1.72. The molecule has 1 fully saturated rings. The summed E-state index contributed by atoms with van der Waals surface area (Å²) in [6.07, 6.45) is -0.727. The second-order valence-electron chi connectivity index (χ2n) is 28.8. The molecule has 0 spiro atoms. The first-order valence-electron chi connectivity index (χ1n) is 34.0. The van der Waals surface area contributed by atoms with E-state index in [4.69, 9.17) is 4.74 Å². The number of hydrogen-bond acceptors (Lipinski definition) is 14. The lowest BCUT2D eigenvalue weighted by molar-refractivity contribution is -0.157. The highest BCUT2D eigenvalue weighted by Gasteiger charge is 2.46. The molecule has 1 aromatic carbocycles. The Hall–Kier alpha value is -7.18. The Labute approximate surface area is 566 Å². The van der Waals surface area contributed by atoms with E-state index in [9.17, 15) is 43.5 Å². The summed E-state index contributed by atoms with van der Waals surface area (Å²) in [6.45, 7) is 31.2. The van der Waals surface area contributed by atoms with Gasteiger partial charge in [0, 0.05) is 49.3 Å². The van der Waals surface area contributed by atoms with Gasteiger partial charge in [0.2, 0.25) is 65.0 Å². The molecule has 25 nitrogen and oxygen atoms in total. The smallest absolute Gasteiger partial charge is 0.338 e. The van der Waals surface area contributed by atoms with Gasteiger partial charge in [-0.3, -0.25) is 52.7 Å². The van der Waals surface area contributed by atoms with Crippen molar-refractivity contribution in [1.82, 2.24) is 55.6 Å². The van der Waals surface area contributed by atoms with Crippen molar-refractivity contribution in [2.24, 2.45) is 41.4 Å². The van der Waals surface area contributed by atoms with Crippen LogP contribution in [0.4, 0.5) is 0 Å². The predicted octanol–water partition coefficient (Wildman–Crippen LogP) is 4.64. The number of rotatable bonds is 18. The van der Waals surface area contributed by atoms with Gasteiger partial charge in [0.05, 0.1) is 18.3 Å². The van der Waals surface area contributed by atoms with E-state index < -0.39 is 161 Å². The monoisotopic (exact) mass is 1340 g/mol. The summed E-state index contributed by atoms with van der Waals surface area (Å²) in [5, 5.41) is 23.5. The van der Waals surface area contributed by atoms with Gasteiger partial charge in [-0.15, -0.1) is 0 Å². The first-order chi connectivity index (χ1) is 44.0. The first kappa shape index (κ1) is 83.9. The molecule has 0 aromatic heterocycles. The van der Waals surface area contributed by atoms with E-state index in [2.05, 4.69) is 21.3 Å². The van der Waals surface area contributed by atoms with Gasteiger partial charge in [0.15, 0.2) is 0 Å². The highest BCUT2D eigenvalue weighted by Crippen LogP contribution is 2.26. The van der Waals surface area contributed by atoms with E-state index in [0.717, 1.165) is 15.4 Å². The molecule has 0 unspecified atom stereocenters. The molecular formula is C70H119N11O14. The molecule has 5 N–H and O–H groups in total. The number of hydrogen-bond donors (Lipinski definition) is 5. The lowest BCUT2D eigenvalue weighted by atomic mass is 9.90. The van der Waals surface area contributed by atoms with Gasteiger partial charge in [-0.2, -0.15) is 0 Å². The number of aliphatic hydroxyl groups is 1. The molecule has 13 atom stereocenters. The van der Waals surface area contributed by atoms with Gasteiger partial charge in [-0.1, -0.05) is 115 Å². The zero-order valence-electron chi connectivity index (χ0n) is 61.8. The van der Waals surface area contributed by atoms with E-state index >= 15 is 19.2 Å². The molecule has 95 heavy (non-hydrogen) atoms. The van der Waals surface area contributed by atoms with Crippen molar-refractivity contribution in [3.8, 4) is 0 Å². The number of ether oxygens (including phenoxy) is 1. The zero-order valence-corrected chi connectivity index (χ0v) is 61.8. The van der Waals surface area contributed by atoms with Crippen molar-refractivity contribution < 1.29 is 67.4 Å². The van der Waals surface area contributed by atoms with Gasteiger partial charge in [0.25, 0.3) is 0 Å². The number of carbonyl (C=O) groups excluding carboxylic acids is 12. The molecule has 25 heteroatoms. The van der Waals surface area contributed by atoms with Gasteiger partial charge in [-0.25, -0.2) is 4.79 Å². The molecule has 1 heterocycles. The van der Waals surface area contributed by atoms with Crippen molar-refractivity contribution >= 4 is 70.9 Å². The standard InChI is InChI=1S/C70H119N11O14/c1-26-50-65(89)75(19)48(18)64(88)76(20)52(35-39(4)5)61(85)74-55(42(10)11)68(92)77(21)51(34-38(2)3)60(84)71-46(16)59(83)72-47(17)63(87)78(22)53(36-40(6)7)66(90)79(23)54(37-41(8)9)67(91)80(24)56(43(12)13)69(93)81(25)57(62(86)73-50)58(82)45(15)28-27-33-95-70(94)49-31-29-44(14)30-32-49/h29-32,38-43,45-48,50-58,82H,26-28,33-37H2,1-25H3,(H,71,84)(H,72,83)(H,73,86)(H,74,85)/t45-,46+,47-,48-,50+,51+,52+,53+,54+,55+,56+,57+,58-/m1/s1. The predicted molar refractivity (Wildman–Crippen MR) is 364 cm³/mol. The van der Waals surface area contributed by atoms with Crippen LogP contribution in [0.25, 0.3) is 0 Å². The maximum Gasteiger partial charge on any atom is 0.338 e. The Balaban J connectivity index is 2.99. The van der Waals surface area contributed by atoms with Crippen LogP contribution in [0.2, 0.25) is 0 Å². The van der Waals surface area contributed by atoms with Gasteiger partial charge in [-0.05, 0) is 126 Å². The van der Waals surface area contributed by atoms with Crippen LogP contribution < -0.4 is 21.3 Å². The zero-order chi connectivity index (χ0) is 73.1. The van der Waals surface area contributed by atoms with Gasteiger partial charge in [0.1, 0.15) is 66.5 Å². The third kappa shape index (κ3) is 23.3. The maximum absolute atomic E-state index is 15.4. The SMILES string of the molecule is CC[C@@H]1NC(=O)[C@H]([C@H](O)[C@H](C)CCCOC(=O)c2ccc(C)cc2)N(C)C(=O)[C@H](C(C)C)N(C)C(=O)[C@H](CC(C)C)N(C)C(=O)[C@H](CC(C)C)N(C)C(=O)[C@@H](C)NC(=O)[C@H](C)NC(=O)[C@H](CC(C)C)N(C)C(=O)[C@H](C(C)C)NC(=O)[C@H](CC(C)C)N(C)C(=O)[C@@H](C)N(C)C1=O. The fourth-order valence-electron chi connectivity index (χ4n) is 11.9. The molecular weight excluding hydrogens is 1220 g/mol. The molecule has 1 aromatic rings. The second kappa shape index (κ2) is 37.9. The Morgan fingerprint density at radius 1 is 0.463 bits per heavy atom. The van der Waals surface area contributed by atoms with E-state index in [1.54, 1.807) is 65.8 Å². The fraction of sp³-hybridized carbons (Fsp3) is 0.743. The van der Waals surface area contributed by atoms with Crippen LogP contribution in [0.15, 0.2) is 24.3 Å². The van der Waals surface area contributed by atoms with E-state index in [1.165, 1.54) is 94.6 Å². The number of nitrogens with zero attached hydrogens (tertiary/aromatic N) is 7. The summed E-state index contributed by atoms with van der Waals surface area (Å²) in [7, 11) is 9.83. The Bertz CT molecular complexity index is 2790. The van der Waals surface area contributed by atoms with Gasteiger partial charge >= 0.3 is 5.97 Å². The van der Waals surface area contributed by atoms with Crippen LogP contribution >= 0.6 is 0 Å². The number of carbonyl (C=O) groups is 12. The summed E-state index contributed by atoms with van der Waals surface area (Å²) in [5.74, 6) is -10.9. The number of aryl methyl sites for hydroxylation is 1. The number of likely N-dealkylation sites (N-methyl/N-ethyl adjacent to an activating group) is 7. The molecule has 1 saturated heterocycles. The van der Waals surface area contributed by atoms with Crippen LogP contribution in [0.1, 0.15) is 179 Å². The lowest BCUT2D eigenvalue weighted by Gasteiger charge is -2.41. The molecule has 1 aliphatic rings. The number of benzene rings is 1. The Morgan fingerprint density at radius 3 is 1.35 bits per heavy atom. The summed E-state index contributed by atoms with van der Waals surface area (Å²) in [6, 6.07) is -7.20. The Kier molecular flexibility index (Phi) is 33.5. The maximum atomic E-state index is 15.4. The molecule has 0 aliphatic carbocycles. The number of esters is 1. The summed E-state index contributed by atoms with van der Waals surface area (Å²) < 4.78 is 5.55. The molecule has 538 valence electrons. The second-order valence-corrected chi connectivity index (χ2v) is 28.8. The van der Waals surface area contributed by atoms with Crippen LogP contribution in [-0.4, -0.2) is 239 Å². The van der Waals surface area contributed by atoms with Crippen LogP contribution in [-0.2, 0) is 57.5 Å². The van der Waals surface area contributed by atoms with Crippen LogP contribution in [0.5, 0.6) is 0 Å². The first-order valence-corrected chi connectivity index (χ1v) is 34.0. The van der Waals surface area contributed by atoms with Crippen molar-refractivity contribution in [2.45, 2.75) is 242 Å². The van der Waals surface area contributed by atoms with E-state index in [0.29, 0.717) is 5.56 Å². The Morgan fingerprint density at radius 2 is 0.884 bits per heavy atom. The topological polar surface area (TPSA) is 305 Å². The third-order valence-corrected chi connectivity index (χ3v) is 18.1. The molecule has 2 rings (SSSR count). The quantitative estimate of drug-likeness (QED) is 0.0989. The minimum absolute atomic E-state index is 0.0322. The van der Waals surface area contributed by atoms with Crippen molar-refractivity contribution in [2.75, 3.05) is 55.9 Å². The van der Waals surface area contributed by atoms with E-state index in [-0.39, 0.29) is 75.2 Å². The summed E-state index contributed by atoms with van der Waals surface area (Å²) in [4.78, 5) is 184. The minimum Gasteiger partial charge on any atom is -0.462 e. The fourth-order valence-corrected chi connectivity index (χ4v) is 11.9. The number of nitrogens with one attached hydrogen (secondary N) is 4. The normalized spacial score (nSPS) is 25.9. The van der Waals surface area contributed by atoms with Crippen molar-refractivity contribution in [1.29, 1.82) is 0 Å². The summed E-state index contributed by atoms with van der Waals surface area (Å²) >= 11 is 0. The largest absolute Gasteiger partial charge is 0.462 e. The lowest BCUT2D eigenvalue weighted by Crippen LogP contribution is -2.64. The summed E-state index contributed by atoms with van der Waals surface area (Å²) in [5.41, 5.74) is 1.31. The third-order valence-electron chi connectivity index (χ3n) is 18.1. The van der Waals surface area contributed by atoms with Crippen LogP contribution in [0.3, 0.4) is 0 Å². The highest BCUT2D eigenvalue weighted by atomic mass is 16.5. The molecule has 0 saturated carbocycles. The molecule has 1 aliphatic heterocycles.